The van der Waals surface area contributed by atoms with Crippen LogP contribution < -0.4 is 10.1 Å². The molecule has 27 heavy (non-hydrogen) atoms. The second-order valence-electron chi connectivity index (χ2n) is 6.43. The molecule has 7 nitrogen and oxygen atoms in total. The van der Waals surface area contributed by atoms with Crippen LogP contribution >= 0.6 is 0 Å². The van der Waals surface area contributed by atoms with E-state index < -0.39 is 18.0 Å². The normalized spacial score (nSPS) is 11.7. The average molecular weight is 373 g/mol. The Hall–Kier alpha value is -2.83. The summed E-state index contributed by atoms with van der Waals surface area (Å²) in [4.78, 5) is 24.6. The molecule has 0 aliphatic rings. The first-order chi connectivity index (χ1) is 12.8. The van der Waals surface area contributed by atoms with Gasteiger partial charge in [-0.15, -0.1) is 0 Å². The van der Waals surface area contributed by atoms with E-state index in [4.69, 9.17) is 9.47 Å². The molecule has 2 rings (SSSR count). The van der Waals surface area contributed by atoms with Crippen LogP contribution in [-0.4, -0.2) is 34.4 Å². The molecule has 146 valence electrons. The lowest BCUT2D eigenvalue weighted by Crippen LogP contribution is -2.30. The van der Waals surface area contributed by atoms with Crippen molar-refractivity contribution in [3.63, 3.8) is 0 Å². The summed E-state index contributed by atoms with van der Waals surface area (Å²) in [6.07, 6.45) is 1.10. The number of carbonyl (C=O) groups excluding carboxylic acids is 2. The molecule has 1 N–H and O–H groups in total. The quantitative estimate of drug-likeness (QED) is 0.566. The smallest absolute Gasteiger partial charge is 0.338 e. The van der Waals surface area contributed by atoms with Crippen molar-refractivity contribution in [3.05, 3.63) is 41.2 Å². The van der Waals surface area contributed by atoms with Crippen LogP contribution in [0.1, 0.15) is 48.4 Å². The fraction of sp³-hybridized carbons (Fsp3) is 0.450. The highest BCUT2D eigenvalue weighted by Crippen LogP contribution is 2.19. The molecule has 1 aromatic carbocycles. The van der Waals surface area contributed by atoms with Gasteiger partial charge in [-0.05, 0) is 51.5 Å². The van der Waals surface area contributed by atoms with E-state index in [-0.39, 0.29) is 0 Å². The molecule has 0 radical (unpaired) electrons. The molecule has 0 unspecified atom stereocenters. The van der Waals surface area contributed by atoms with Crippen molar-refractivity contribution in [2.45, 2.75) is 46.6 Å². The van der Waals surface area contributed by atoms with E-state index in [2.05, 4.69) is 17.3 Å². The van der Waals surface area contributed by atoms with Crippen molar-refractivity contribution in [1.82, 2.24) is 9.78 Å². The third-order valence-corrected chi connectivity index (χ3v) is 4.27. The zero-order valence-corrected chi connectivity index (χ0v) is 16.5. The van der Waals surface area contributed by atoms with E-state index in [9.17, 15) is 9.59 Å². The lowest BCUT2D eigenvalue weighted by atomic mass is 10.2. The fourth-order valence-electron chi connectivity index (χ4n) is 2.48. The van der Waals surface area contributed by atoms with Crippen LogP contribution in [0.3, 0.4) is 0 Å². The molecular formula is C20H27N3O4. The van der Waals surface area contributed by atoms with Gasteiger partial charge in [0, 0.05) is 7.05 Å². The first-order valence-corrected chi connectivity index (χ1v) is 9.08. The van der Waals surface area contributed by atoms with E-state index in [1.165, 1.54) is 6.92 Å². The van der Waals surface area contributed by atoms with Gasteiger partial charge in [0.25, 0.3) is 5.91 Å². The van der Waals surface area contributed by atoms with E-state index in [0.29, 0.717) is 29.3 Å². The largest absolute Gasteiger partial charge is 0.494 e. The fourth-order valence-corrected chi connectivity index (χ4v) is 2.48. The number of rotatable bonds is 8. The highest BCUT2D eigenvalue weighted by Gasteiger charge is 2.21. The highest BCUT2D eigenvalue weighted by molar-refractivity contribution is 5.98. The molecule has 0 aliphatic heterocycles. The second kappa shape index (κ2) is 9.21. The molecule has 0 spiro atoms. The SMILES string of the molecule is CCCCOc1ccc(C(=O)O[C@@H](C)C(=O)Nc2c(C)nn(C)c2C)cc1. The van der Waals surface area contributed by atoms with Crippen LogP contribution in [0.4, 0.5) is 5.69 Å². The van der Waals surface area contributed by atoms with E-state index >= 15 is 0 Å². The number of aryl methyl sites for hydroxylation is 2. The number of unbranched alkanes of at least 4 members (excludes halogenated alkanes) is 1. The standard InChI is InChI=1S/C20H27N3O4/c1-6-7-12-26-17-10-8-16(9-11-17)20(25)27-15(4)19(24)21-18-13(2)22-23(5)14(18)3/h8-11,15H,6-7,12H2,1-5H3,(H,21,24)/t15-/m0/s1. The average Bonchev–Trinajstić information content (AvgIpc) is 2.88. The van der Waals surface area contributed by atoms with Crippen molar-refractivity contribution in [2.75, 3.05) is 11.9 Å². The Balaban J connectivity index is 1.93. The molecule has 1 atom stereocenters. The predicted octanol–water partition coefficient (Wildman–Crippen LogP) is 3.40. The maximum atomic E-state index is 12.3. The van der Waals surface area contributed by atoms with E-state index in [0.717, 1.165) is 18.5 Å². The highest BCUT2D eigenvalue weighted by atomic mass is 16.5. The molecule has 1 heterocycles. The van der Waals surface area contributed by atoms with Gasteiger partial charge in [-0.25, -0.2) is 4.79 Å². The second-order valence-corrected chi connectivity index (χ2v) is 6.43. The molecule has 0 bridgehead atoms. The number of nitrogens with one attached hydrogen (secondary N) is 1. The maximum Gasteiger partial charge on any atom is 0.338 e. The summed E-state index contributed by atoms with van der Waals surface area (Å²) in [6.45, 7) is 7.94. The van der Waals surface area contributed by atoms with Gasteiger partial charge in [0.2, 0.25) is 0 Å². The molecule has 1 aromatic heterocycles. The van der Waals surface area contributed by atoms with Gasteiger partial charge < -0.3 is 14.8 Å². The molecule has 0 saturated heterocycles. The van der Waals surface area contributed by atoms with Gasteiger partial charge in [0.1, 0.15) is 5.75 Å². The third kappa shape index (κ3) is 5.32. The summed E-state index contributed by atoms with van der Waals surface area (Å²) in [5, 5.41) is 7.02. The van der Waals surface area contributed by atoms with Crippen molar-refractivity contribution < 1.29 is 19.1 Å². The van der Waals surface area contributed by atoms with E-state index in [1.54, 1.807) is 36.0 Å². The van der Waals surface area contributed by atoms with Crippen LogP contribution in [0.15, 0.2) is 24.3 Å². The summed E-state index contributed by atoms with van der Waals surface area (Å²) < 4.78 is 12.5. The maximum absolute atomic E-state index is 12.3. The predicted molar refractivity (Wildman–Crippen MR) is 103 cm³/mol. The number of nitrogens with zero attached hydrogens (tertiary/aromatic N) is 2. The first kappa shape index (κ1) is 20.5. The Morgan fingerprint density at radius 1 is 1.22 bits per heavy atom. The zero-order chi connectivity index (χ0) is 20.0. The molecular weight excluding hydrogens is 346 g/mol. The van der Waals surface area contributed by atoms with Crippen molar-refractivity contribution in [2.24, 2.45) is 7.05 Å². The van der Waals surface area contributed by atoms with Gasteiger partial charge >= 0.3 is 5.97 Å². The van der Waals surface area contributed by atoms with Crippen LogP contribution in [0.5, 0.6) is 5.75 Å². The summed E-state index contributed by atoms with van der Waals surface area (Å²) in [6, 6.07) is 6.70. The summed E-state index contributed by atoms with van der Waals surface area (Å²) >= 11 is 0. The molecule has 2 aromatic rings. The Morgan fingerprint density at radius 3 is 2.44 bits per heavy atom. The lowest BCUT2D eigenvalue weighted by Gasteiger charge is -2.14. The number of hydrogen-bond donors (Lipinski definition) is 1. The van der Waals surface area contributed by atoms with Crippen molar-refractivity contribution >= 4 is 17.6 Å². The molecule has 0 fully saturated rings. The Morgan fingerprint density at radius 2 is 1.89 bits per heavy atom. The van der Waals surface area contributed by atoms with Gasteiger partial charge in [-0.1, -0.05) is 13.3 Å². The summed E-state index contributed by atoms with van der Waals surface area (Å²) in [5.41, 5.74) is 2.55. The van der Waals surface area contributed by atoms with E-state index in [1.807, 2.05) is 13.8 Å². The number of hydrogen-bond acceptors (Lipinski definition) is 5. The number of amides is 1. The van der Waals surface area contributed by atoms with Crippen molar-refractivity contribution in [1.29, 1.82) is 0 Å². The topological polar surface area (TPSA) is 82.4 Å². The lowest BCUT2D eigenvalue weighted by molar-refractivity contribution is -0.123. The Labute approximate surface area is 159 Å². The zero-order valence-electron chi connectivity index (χ0n) is 16.5. The minimum atomic E-state index is -0.933. The van der Waals surface area contributed by atoms with Gasteiger partial charge in [0.15, 0.2) is 6.10 Å². The molecule has 1 amide bonds. The minimum Gasteiger partial charge on any atom is -0.494 e. The van der Waals surface area contributed by atoms with Crippen LogP contribution in [-0.2, 0) is 16.6 Å². The van der Waals surface area contributed by atoms with Crippen LogP contribution in [0.25, 0.3) is 0 Å². The Kier molecular flexibility index (Phi) is 6.98. The molecule has 7 heteroatoms. The molecule has 0 aliphatic carbocycles. The van der Waals surface area contributed by atoms with Crippen molar-refractivity contribution in [3.8, 4) is 5.75 Å². The number of benzene rings is 1. The first-order valence-electron chi connectivity index (χ1n) is 9.08. The third-order valence-electron chi connectivity index (χ3n) is 4.27. The number of aromatic nitrogens is 2. The molecule has 0 saturated carbocycles. The van der Waals surface area contributed by atoms with Gasteiger partial charge in [-0.3, -0.25) is 9.48 Å². The minimum absolute atomic E-state index is 0.367. The Bertz CT molecular complexity index is 796. The van der Waals surface area contributed by atoms with Gasteiger partial charge in [-0.2, -0.15) is 5.10 Å². The number of esters is 1. The summed E-state index contributed by atoms with van der Waals surface area (Å²) in [5.74, 6) is -0.257. The number of anilines is 1. The van der Waals surface area contributed by atoms with Crippen LogP contribution in [0, 0.1) is 13.8 Å². The monoisotopic (exact) mass is 373 g/mol. The van der Waals surface area contributed by atoms with Crippen LogP contribution in [0.2, 0.25) is 0 Å². The number of carbonyl (C=O) groups is 2. The van der Waals surface area contributed by atoms with Gasteiger partial charge in [0.05, 0.1) is 29.2 Å². The summed E-state index contributed by atoms with van der Waals surface area (Å²) in [7, 11) is 1.80. The number of ether oxygens (including phenoxy) is 2.